The minimum atomic E-state index is -0.0274. The molecule has 2 N–H and O–H groups in total. The third kappa shape index (κ3) is 3.93. The van der Waals surface area contributed by atoms with Crippen molar-refractivity contribution in [3.63, 3.8) is 0 Å². The van der Waals surface area contributed by atoms with Crippen molar-refractivity contribution in [1.82, 2.24) is 9.97 Å². The summed E-state index contributed by atoms with van der Waals surface area (Å²) < 4.78 is 0. The lowest BCUT2D eigenvalue weighted by atomic mass is 10.1. The molecule has 1 aromatic heterocycles. The van der Waals surface area contributed by atoms with E-state index in [2.05, 4.69) is 47.3 Å². The Balaban J connectivity index is 1.52. The van der Waals surface area contributed by atoms with Gasteiger partial charge in [-0.2, -0.15) is 0 Å². The second-order valence-electron chi connectivity index (χ2n) is 5.50. The molecule has 0 bridgehead atoms. The van der Waals surface area contributed by atoms with Gasteiger partial charge in [-0.1, -0.05) is 18.2 Å². The third-order valence-electron chi connectivity index (χ3n) is 3.72. The van der Waals surface area contributed by atoms with E-state index >= 15 is 0 Å². The van der Waals surface area contributed by atoms with Gasteiger partial charge in [0.25, 0.3) is 0 Å². The quantitative estimate of drug-likeness (QED) is 0.688. The molecule has 2 aromatic carbocycles. The number of H-pyrrole nitrogens is 1. The molecule has 0 atom stereocenters. The van der Waals surface area contributed by atoms with E-state index in [0.29, 0.717) is 12.4 Å². The van der Waals surface area contributed by atoms with E-state index in [9.17, 15) is 4.79 Å². The van der Waals surface area contributed by atoms with E-state index in [0.717, 1.165) is 16.8 Å². The van der Waals surface area contributed by atoms with Crippen molar-refractivity contribution in [1.29, 1.82) is 0 Å². The molecule has 0 unspecified atom stereocenters. The van der Waals surface area contributed by atoms with Crippen molar-refractivity contribution >= 4 is 34.7 Å². The van der Waals surface area contributed by atoms with Gasteiger partial charge in [-0.3, -0.25) is 10.1 Å². The molecular weight excluding hydrogens is 306 g/mol. The Morgan fingerprint density at radius 1 is 1.17 bits per heavy atom. The van der Waals surface area contributed by atoms with Gasteiger partial charge in [0.05, 0.1) is 11.0 Å². The largest absolute Gasteiger partial charge is 0.324 e. The Kier molecular flexibility index (Phi) is 4.67. The standard InChI is InChI=1S/C18H19N3OS/c1-12-7-8-14(11-13(12)2)23-10-9-17(22)21-18-19-15-5-3-4-6-16(15)20-18/h3-8,11H,9-10H2,1-2H3,(H2,19,20,21,22). The highest BCUT2D eigenvalue weighted by Crippen LogP contribution is 2.22. The number of imidazole rings is 1. The van der Waals surface area contributed by atoms with Crippen LogP contribution < -0.4 is 5.32 Å². The minimum Gasteiger partial charge on any atom is -0.324 e. The van der Waals surface area contributed by atoms with E-state index in [-0.39, 0.29) is 5.91 Å². The van der Waals surface area contributed by atoms with Crippen LogP contribution in [0.5, 0.6) is 0 Å². The Morgan fingerprint density at radius 2 is 2.00 bits per heavy atom. The van der Waals surface area contributed by atoms with Crippen LogP contribution in [0.15, 0.2) is 47.4 Å². The van der Waals surface area contributed by atoms with Crippen LogP contribution in [0, 0.1) is 13.8 Å². The van der Waals surface area contributed by atoms with Gasteiger partial charge < -0.3 is 4.98 Å². The maximum atomic E-state index is 12.0. The fourth-order valence-corrected chi connectivity index (χ4v) is 3.22. The Morgan fingerprint density at radius 3 is 2.78 bits per heavy atom. The molecule has 0 aliphatic rings. The number of carbonyl (C=O) groups excluding carboxylic acids is 1. The number of aryl methyl sites for hydroxylation is 2. The summed E-state index contributed by atoms with van der Waals surface area (Å²) in [7, 11) is 0. The van der Waals surface area contributed by atoms with Gasteiger partial charge in [-0.25, -0.2) is 4.98 Å². The van der Waals surface area contributed by atoms with Crippen molar-refractivity contribution in [3.8, 4) is 0 Å². The number of aromatic amines is 1. The number of carbonyl (C=O) groups is 1. The van der Waals surface area contributed by atoms with E-state index in [4.69, 9.17) is 0 Å². The normalized spacial score (nSPS) is 10.9. The fraction of sp³-hybridized carbons (Fsp3) is 0.222. The van der Waals surface area contributed by atoms with Crippen LogP contribution in [-0.2, 0) is 4.79 Å². The van der Waals surface area contributed by atoms with E-state index in [1.165, 1.54) is 16.0 Å². The summed E-state index contributed by atoms with van der Waals surface area (Å²) in [5, 5.41) is 2.82. The Hall–Kier alpha value is -2.27. The summed E-state index contributed by atoms with van der Waals surface area (Å²) in [5.74, 6) is 1.22. The summed E-state index contributed by atoms with van der Waals surface area (Å²) in [5.41, 5.74) is 4.35. The van der Waals surface area contributed by atoms with Crippen LogP contribution in [0.3, 0.4) is 0 Å². The molecule has 5 heteroatoms. The predicted octanol–water partition coefficient (Wildman–Crippen LogP) is 4.30. The van der Waals surface area contributed by atoms with Gasteiger partial charge in [0.2, 0.25) is 11.9 Å². The summed E-state index contributed by atoms with van der Waals surface area (Å²) in [6.07, 6.45) is 0.453. The zero-order valence-electron chi connectivity index (χ0n) is 13.2. The van der Waals surface area contributed by atoms with Crippen LogP contribution in [0.4, 0.5) is 5.95 Å². The monoisotopic (exact) mass is 325 g/mol. The average molecular weight is 325 g/mol. The zero-order chi connectivity index (χ0) is 16.2. The molecule has 0 saturated carbocycles. The number of nitrogens with zero attached hydrogens (tertiary/aromatic N) is 1. The van der Waals surface area contributed by atoms with Crippen LogP contribution in [-0.4, -0.2) is 21.6 Å². The molecular formula is C18H19N3OS. The van der Waals surface area contributed by atoms with Gasteiger partial charge in [0.15, 0.2) is 0 Å². The number of rotatable bonds is 5. The van der Waals surface area contributed by atoms with E-state index in [1.807, 2.05) is 24.3 Å². The first-order valence-corrected chi connectivity index (χ1v) is 8.55. The smallest absolute Gasteiger partial charge is 0.227 e. The van der Waals surface area contributed by atoms with Gasteiger partial charge in [0.1, 0.15) is 0 Å². The van der Waals surface area contributed by atoms with Crippen molar-refractivity contribution in [2.45, 2.75) is 25.2 Å². The van der Waals surface area contributed by atoms with Crippen LogP contribution in [0.25, 0.3) is 11.0 Å². The zero-order valence-corrected chi connectivity index (χ0v) is 14.0. The number of anilines is 1. The van der Waals surface area contributed by atoms with Gasteiger partial charge >= 0.3 is 0 Å². The number of nitrogens with one attached hydrogen (secondary N) is 2. The molecule has 0 saturated heterocycles. The molecule has 0 radical (unpaired) electrons. The first kappa shape index (κ1) is 15.6. The lowest BCUT2D eigenvalue weighted by molar-refractivity contribution is -0.115. The predicted molar refractivity (Wildman–Crippen MR) is 96.0 cm³/mol. The van der Waals surface area contributed by atoms with Crippen molar-refractivity contribution < 1.29 is 4.79 Å². The highest BCUT2D eigenvalue weighted by molar-refractivity contribution is 7.99. The first-order chi connectivity index (χ1) is 11.1. The van der Waals surface area contributed by atoms with Crippen LogP contribution in [0.2, 0.25) is 0 Å². The van der Waals surface area contributed by atoms with E-state index in [1.54, 1.807) is 11.8 Å². The fourth-order valence-electron chi connectivity index (χ4n) is 2.27. The number of aromatic nitrogens is 2. The molecule has 3 rings (SSSR count). The van der Waals surface area contributed by atoms with Gasteiger partial charge in [-0.15, -0.1) is 11.8 Å². The van der Waals surface area contributed by atoms with Crippen molar-refractivity contribution in [2.24, 2.45) is 0 Å². The van der Waals surface area contributed by atoms with Gasteiger partial charge in [-0.05, 0) is 49.2 Å². The third-order valence-corrected chi connectivity index (χ3v) is 4.72. The number of thioether (sulfide) groups is 1. The van der Waals surface area contributed by atoms with Gasteiger partial charge in [0, 0.05) is 17.1 Å². The molecule has 0 spiro atoms. The Labute approximate surface area is 139 Å². The SMILES string of the molecule is Cc1ccc(SCCC(=O)Nc2nc3ccccc3[nH]2)cc1C. The number of benzene rings is 2. The molecule has 1 heterocycles. The highest BCUT2D eigenvalue weighted by Gasteiger charge is 2.07. The molecule has 118 valence electrons. The lowest BCUT2D eigenvalue weighted by Gasteiger charge is -2.05. The molecule has 3 aromatic rings. The number of para-hydroxylation sites is 2. The first-order valence-electron chi connectivity index (χ1n) is 7.56. The highest BCUT2D eigenvalue weighted by atomic mass is 32.2. The molecule has 4 nitrogen and oxygen atoms in total. The Bertz CT molecular complexity index is 808. The summed E-state index contributed by atoms with van der Waals surface area (Å²) >= 11 is 1.70. The maximum absolute atomic E-state index is 12.0. The van der Waals surface area contributed by atoms with Crippen molar-refractivity contribution in [2.75, 3.05) is 11.1 Å². The lowest BCUT2D eigenvalue weighted by Crippen LogP contribution is -2.13. The summed E-state index contributed by atoms with van der Waals surface area (Å²) in [4.78, 5) is 20.7. The second-order valence-corrected chi connectivity index (χ2v) is 6.66. The van der Waals surface area contributed by atoms with Crippen LogP contribution in [0.1, 0.15) is 17.5 Å². The average Bonchev–Trinajstić information content (AvgIpc) is 2.93. The summed E-state index contributed by atoms with van der Waals surface area (Å²) in [6.45, 7) is 4.21. The summed E-state index contributed by atoms with van der Waals surface area (Å²) in [6, 6.07) is 14.1. The molecule has 0 aliphatic heterocycles. The number of amides is 1. The second kappa shape index (κ2) is 6.87. The number of fused-ring (bicyclic) bond motifs is 1. The number of hydrogen-bond donors (Lipinski definition) is 2. The minimum absolute atomic E-state index is 0.0274. The maximum Gasteiger partial charge on any atom is 0.227 e. The number of hydrogen-bond acceptors (Lipinski definition) is 3. The van der Waals surface area contributed by atoms with Crippen LogP contribution >= 0.6 is 11.8 Å². The molecule has 23 heavy (non-hydrogen) atoms. The van der Waals surface area contributed by atoms with Crippen molar-refractivity contribution in [3.05, 3.63) is 53.6 Å². The molecule has 0 aliphatic carbocycles. The molecule has 1 amide bonds. The van der Waals surface area contributed by atoms with E-state index < -0.39 is 0 Å². The topological polar surface area (TPSA) is 57.8 Å². The molecule has 0 fully saturated rings.